The number of nitrogens with one attached hydrogen (secondary N) is 1. The molecule has 6 rings (SSSR count). The van der Waals surface area contributed by atoms with Gasteiger partial charge in [0.25, 0.3) is 11.8 Å². The fourth-order valence-corrected chi connectivity index (χ4v) is 6.40. The quantitative estimate of drug-likeness (QED) is 0.173. The van der Waals surface area contributed by atoms with Crippen molar-refractivity contribution >= 4 is 40.6 Å². The van der Waals surface area contributed by atoms with E-state index in [0.717, 1.165) is 40.0 Å². The predicted molar refractivity (Wildman–Crippen MR) is 165 cm³/mol. The van der Waals surface area contributed by atoms with E-state index in [-0.39, 0.29) is 46.7 Å². The fourth-order valence-electron chi connectivity index (χ4n) is 4.85. The number of carbonyl (C=O) groups excluding carboxylic acids is 2. The third-order valence-electron chi connectivity index (χ3n) is 7.08. The number of amides is 2. The number of halogens is 3. The van der Waals surface area contributed by atoms with Crippen molar-refractivity contribution in [1.82, 2.24) is 25.1 Å². The average Bonchev–Trinajstić information content (AvgIpc) is 3.89. The van der Waals surface area contributed by atoms with Gasteiger partial charge in [-0.25, -0.2) is 5.01 Å². The van der Waals surface area contributed by atoms with Crippen molar-refractivity contribution in [2.75, 3.05) is 12.9 Å². The summed E-state index contributed by atoms with van der Waals surface area (Å²) in [4.78, 5) is 27.2. The van der Waals surface area contributed by atoms with Crippen LogP contribution in [0.15, 0.2) is 99.1 Å². The van der Waals surface area contributed by atoms with E-state index in [2.05, 4.69) is 20.6 Å². The molecule has 0 bridgehead atoms. The highest BCUT2D eigenvalue weighted by Crippen LogP contribution is 2.36. The molecule has 0 aliphatic carbocycles. The van der Waals surface area contributed by atoms with Crippen LogP contribution in [-0.2, 0) is 17.5 Å². The minimum atomic E-state index is -4.59. The number of thioether (sulfide) groups is 1. The van der Waals surface area contributed by atoms with Gasteiger partial charge < -0.3 is 14.5 Å². The summed E-state index contributed by atoms with van der Waals surface area (Å²) in [5.41, 5.74) is 0.894. The maximum atomic E-state index is 13.7. The molecule has 3 aromatic heterocycles. The predicted octanol–water partition coefficient (Wildman–Crippen LogP) is 6.35. The normalized spacial score (nSPS) is 14.7. The summed E-state index contributed by atoms with van der Waals surface area (Å²) in [5.74, 6) is -0.104. The first-order valence-electron chi connectivity index (χ1n) is 13.8. The van der Waals surface area contributed by atoms with Crippen LogP contribution in [0.25, 0.3) is 5.69 Å². The van der Waals surface area contributed by atoms with Gasteiger partial charge in [0.1, 0.15) is 5.75 Å². The summed E-state index contributed by atoms with van der Waals surface area (Å²) in [6.45, 7) is -0.169. The molecule has 4 heterocycles. The zero-order chi connectivity index (χ0) is 32.3. The molecule has 0 saturated carbocycles. The molecule has 1 unspecified atom stereocenters. The number of furan rings is 1. The molecule has 1 N–H and O–H groups in total. The van der Waals surface area contributed by atoms with Gasteiger partial charge in [0, 0.05) is 6.42 Å². The lowest BCUT2D eigenvalue weighted by Gasteiger charge is -2.22. The molecule has 0 radical (unpaired) electrons. The minimum absolute atomic E-state index is 0.0600. The van der Waals surface area contributed by atoms with Crippen LogP contribution >= 0.6 is 23.1 Å². The number of benzene rings is 2. The lowest BCUT2D eigenvalue weighted by atomic mass is 10.0. The van der Waals surface area contributed by atoms with Gasteiger partial charge in [0.2, 0.25) is 0 Å². The van der Waals surface area contributed by atoms with Crippen molar-refractivity contribution in [2.24, 2.45) is 5.10 Å². The van der Waals surface area contributed by atoms with Crippen molar-refractivity contribution in [3.8, 4) is 11.4 Å². The number of hydrazone groups is 1. The first-order chi connectivity index (χ1) is 22.2. The Balaban J connectivity index is 1.27. The largest absolute Gasteiger partial charge is 0.497 e. The highest BCUT2D eigenvalue weighted by molar-refractivity contribution is 7.99. The van der Waals surface area contributed by atoms with E-state index in [9.17, 15) is 22.8 Å². The number of nitrogens with zero attached hydrogens (tertiary/aromatic N) is 5. The number of hydrogen-bond donors (Lipinski definition) is 1. The standard InChI is InChI=1S/C31H25F3N6O4S2/c1-43-22-11-9-19(10-12-22)24-16-23(26-8-4-14-45-26)38-40(24)28(41)18-46-30-37-36-27(17-35-29(42)25-7-3-13-44-25)39(30)21-6-2-5-20(15-21)31(32,33)34/h2-15,24H,16-18H2,1H3,(H,35,42). The molecule has 2 aromatic carbocycles. The van der Waals surface area contributed by atoms with Crippen LogP contribution in [0.3, 0.4) is 0 Å². The van der Waals surface area contributed by atoms with Crippen LogP contribution in [0.1, 0.15) is 44.8 Å². The zero-order valence-electron chi connectivity index (χ0n) is 24.1. The third kappa shape index (κ3) is 6.70. The summed E-state index contributed by atoms with van der Waals surface area (Å²) < 4.78 is 52.6. The van der Waals surface area contributed by atoms with Crippen molar-refractivity contribution in [1.29, 1.82) is 0 Å². The molecule has 46 heavy (non-hydrogen) atoms. The van der Waals surface area contributed by atoms with Gasteiger partial charge in [-0.2, -0.15) is 18.3 Å². The van der Waals surface area contributed by atoms with Gasteiger partial charge >= 0.3 is 6.18 Å². The Morgan fingerprint density at radius 2 is 1.91 bits per heavy atom. The van der Waals surface area contributed by atoms with Crippen LogP contribution in [0.4, 0.5) is 13.2 Å². The number of alkyl halides is 3. The van der Waals surface area contributed by atoms with Gasteiger partial charge in [-0.1, -0.05) is 36.0 Å². The van der Waals surface area contributed by atoms with Gasteiger partial charge in [-0.3, -0.25) is 14.2 Å². The molecule has 1 aliphatic heterocycles. The smallest absolute Gasteiger partial charge is 0.416 e. The van der Waals surface area contributed by atoms with Crippen LogP contribution in [0.5, 0.6) is 5.75 Å². The maximum Gasteiger partial charge on any atom is 0.416 e. The molecule has 1 aliphatic rings. The highest BCUT2D eigenvalue weighted by atomic mass is 32.2. The number of thiophene rings is 1. The first-order valence-corrected chi connectivity index (χ1v) is 15.7. The Morgan fingerprint density at radius 3 is 2.61 bits per heavy atom. The van der Waals surface area contributed by atoms with Crippen LogP contribution in [-0.4, -0.2) is 50.2 Å². The van der Waals surface area contributed by atoms with E-state index in [1.807, 2.05) is 41.8 Å². The number of rotatable bonds is 10. The van der Waals surface area contributed by atoms with Crippen LogP contribution in [0, 0.1) is 0 Å². The molecule has 0 spiro atoms. The van der Waals surface area contributed by atoms with E-state index in [0.29, 0.717) is 12.2 Å². The summed E-state index contributed by atoms with van der Waals surface area (Å²) >= 11 is 2.53. The monoisotopic (exact) mass is 666 g/mol. The molecule has 236 valence electrons. The zero-order valence-corrected chi connectivity index (χ0v) is 25.7. The van der Waals surface area contributed by atoms with Crippen LogP contribution in [0.2, 0.25) is 0 Å². The topological polar surface area (TPSA) is 115 Å². The molecular formula is C31H25F3N6O4S2. The molecule has 0 saturated heterocycles. The number of aromatic nitrogens is 3. The average molecular weight is 667 g/mol. The molecule has 1 atom stereocenters. The molecule has 10 nitrogen and oxygen atoms in total. The Morgan fingerprint density at radius 1 is 1.09 bits per heavy atom. The highest BCUT2D eigenvalue weighted by Gasteiger charge is 2.34. The second-order valence-corrected chi connectivity index (χ2v) is 11.9. The van der Waals surface area contributed by atoms with E-state index >= 15 is 0 Å². The van der Waals surface area contributed by atoms with Gasteiger partial charge in [-0.05, 0) is 59.5 Å². The van der Waals surface area contributed by atoms with Gasteiger partial charge in [-0.15, -0.1) is 21.5 Å². The van der Waals surface area contributed by atoms with Crippen molar-refractivity contribution in [3.05, 3.63) is 112 Å². The second-order valence-electron chi connectivity index (χ2n) is 9.99. The SMILES string of the molecule is COc1ccc(C2CC(c3cccs3)=NN2C(=O)CSc2nnc(CNC(=O)c3ccco3)n2-c2cccc(C(F)(F)F)c2)cc1. The molecule has 15 heteroatoms. The van der Waals surface area contributed by atoms with Crippen LogP contribution < -0.4 is 10.1 Å². The van der Waals surface area contributed by atoms with Gasteiger partial charge in [0.15, 0.2) is 16.7 Å². The first kappa shape index (κ1) is 31.1. The lowest BCUT2D eigenvalue weighted by Crippen LogP contribution is -2.28. The van der Waals surface area contributed by atoms with Crippen molar-refractivity contribution in [3.63, 3.8) is 0 Å². The fraction of sp³-hybridized carbons (Fsp3) is 0.194. The third-order valence-corrected chi connectivity index (χ3v) is 8.91. The van der Waals surface area contributed by atoms with Gasteiger partial charge in [0.05, 0.1) is 53.6 Å². The molecule has 2 amide bonds. The Bertz CT molecular complexity index is 1860. The summed E-state index contributed by atoms with van der Waals surface area (Å²) in [5, 5.41) is 19.2. The number of ether oxygens (including phenoxy) is 1. The summed E-state index contributed by atoms with van der Waals surface area (Å²) in [7, 11) is 1.58. The molecule has 0 fully saturated rings. The molecular weight excluding hydrogens is 642 g/mol. The Kier molecular flexibility index (Phi) is 8.94. The number of carbonyl (C=O) groups is 2. The Labute approximate surface area is 268 Å². The van der Waals surface area contributed by atoms with Crippen molar-refractivity contribution < 1.29 is 31.9 Å². The number of methoxy groups -OCH3 is 1. The van der Waals surface area contributed by atoms with E-state index in [1.165, 1.54) is 45.4 Å². The summed E-state index contributed by atoms with van der Waals surface area (Å²) in [6.07, 6.45) is -2.74. The van der Waals surface area contributed by atoms with E-state index in [1.54, 1.807) is 13.2 Å². The maximum absolute atomic E-state index is 13.7. The Hall–Kier alpha value is -4.89. The second kappa shape index (κ2) is 13.2. The van der Waals surface area contributed by atoms with E-state index < -0.39 is 17.6 Å². The number of hydrogen-bond acceptors (Lipinski definition) is 9. The summed E-state index contributed by atoms with van der Waals surface area (Å²) in [6, 6.07) is 18.6. The molecule has 5 aromatic rings. The lowest BCUT2D eigenvalue weighted by molar-refractivity contribution is -0.137. The van der Waals surface area contributed by atoms with Crippen molar-refractivity contribution in [2.45, 2.75) is 30.3 Å². The minimum Gasteiger partial charge on any atom is -0.497 e. The van der Waals surface area contributed by atoms with E-state index in [4.69, 9.17) is 9.15 Å².